The molecule has 98 valence electrons. The molecule has 0 aliphatic rings. The van der Waals surface area contributed by atoms with E-state index in [1.165, 1.54) is 22.7 Å². The third-order valence-corrected chi connectivity index (χ3v) is 6.86. The van der Waals surface area contributed by atoms with Crippen LogP contribution in [0.25, 0.3) is 0 Å². The van der Waals surface area contributed by atoms with Gasteiger partial charge >= 0.3 is 0 Å². The highest BCUT2D eigenvalue weighted by Crippen LogP contribution is 2.23. The van der Waals surface area contributed by atoms with Gasteiger partial charge in [0.1, 0.15) is 4.21 Å². The van der Waals surface area contributed by atoms with E-state index in [0.717, 1.165) is 14.2 Å². The second-order valence-corrected chi connectivity index (χ2v) is 8.55. The van der Waals surface area contributed by atoms with Crippen LogP contribution in [-0.2, 0) is 23.1 Å². The van der Waals surface area contributed by atoms with Crippen LogP contribution in [0.5, 0.6) is 0 Å². The third kappa shape index (κ3) is 3.40. The minimum atomic E-state index is -3.43. The molecule has 0 bridgehead atoms. The lowest BCUT2D eigenvalue weighted by atomic mass is 10.5. The standard InChI is InChI=1S/C10H11BrN2O2S3/c11-7-3-9(16-6-7)5-13-18(14,15)10-2-1-8(4-12)17-10/h1-3,6,13H,4-5,12H2. The summed E-state index contributed by atoms with van der Waals surface area (Å²) in [7, 11) is -3.43. The summed E-state index contributed by atoms with van der Waals surface area (Å²) in [5.74, 6) is 0. The fourth-order valence-electron chi connectivity index (χ4n) is 1.30. The monoisotopic (exact) mass is 366 g/mol. The Bertz CT molecular complexity index is 633. The van der Waals surface area contributed by atoms with Crippen molar-refractivity contribution in [2.24, 2.45) is 5.73 Å². The average Bonchev–Trinajstić information content (AvgIpc) is 2.95. The second kappa shape index (κ2) is 5.81. The molecule has 0 amide bonds. The van der Waals surface area contributed by atoms with E-state index in [1.807, 2.05) is 11.4 Å². The summed E-state index contributed by atoms with van der Waals surface area (Å²) in [5.41, 5.74) is 5.47. The molecule has 3 N–H and O–H groups in total. The van der Waals surface area contributed by atoms with Crippen molar-refractivity contribution < 1.29 is 8.42 Å². The highest BCUT2D eigenvalue weighted by atomic mass is 79.9. The highest BCUT2D eigenvalue weighted by Gasteiger charge is 2.16. The Morgan fingerprint density at radius 3 is 2.67 bits per heavy atom. The van der Waals surface area contributed by atoms with Gasteiger partial charge in [0.2, 0.25) is 10.0 Å². The topological polar surface area (TPSA) is 72.2 Å². The van der Waals surface area contributed by atoms with Crippen molar-refractivity contribution in [1.29, 1.82) is 0 Å². The van der Waals surface area contributed by atoms with Crippen molar-refractivity contribution in [2.75, 3.05) is 0 Å². The number of rotatable bonds is 5. The first-order valence-corrected chi connectivity index (χ1v) is 9.00. The van der Waals surface area contributed by atoms with Crippen molar-refractivity contribution in [1.82, 2.24) is 4.72 Å². The van der Waals surface area contributed by atoms with Gasteiger partial charge in [-0.25, -0.2) is 13.1 Å². The number of sulfonamides is 1. The van der Waals surface area contributed by atoms with E-state index in [0.29, 0.717) is 17.3 Å². The lowest BCUT2D eigenvalue weighted by molar-refractivity contribution is 0.584. The normalized spacial score (nSPS) is 11.9. The van der Waals surface area contributed by atoms with Crippen molar-refractivity contribution in [2.45, 2.75) is 17.3 Å². The van der Waals surface area contributed by atoms with Crippen LogP contribution in [0, 0.1) is 0 Å². The summed E-state index contributed by atoms with van der Waals surface area (Å²) in [6, 6.07) is 5.22. The number of nitrogens with one attached hydrogen (secondary N) is 1. The van der Waals surface area contributed by atoms with Gasteiger partial charge in [-0.15, -0.1) is 22.7 Å². The van der Waals surface area contributed by atoms with Gasteiger partial charge in [-0.3, -0.25) is 0 Å². The van der Waals surface area contributed by atoms with Crippen molar-refractivity contribution >= 4 is 48.6 Å². The molecule has 0 radical (unpaired) electrons. The van der Waals surface area contributed by atoms with Gasteiger partial charge < -0.3 is 5.73 Å². The summed E-state index contributed by atoms with van der Waals surface area (Å²) < 4.78 is 27.8. The molecule has 0 saturated heterocycles. The van der Waals surface area contributed by atoms with Gasteiger partial charge in [-0.05, 0) is 34.1 Å². The Morgan fingerprint density at radius 2 is 2.11 bits per heavy atom. The molecular formula is C10H11BrN2O2S3. The van der Waals surface area contributed by atoms with E-state index in [1.54, 1.807) is 12.1 Å². The van der Waals surface area contributed by atoms with Crippen LogP contribution < -0.4 is 10.5 Å². The van der Waals surface area contributed by atoms with Crippen molar-refractivity contribution in [3.63, 3.8) is 0 Å². The zero-order valence-electron chi connectivity index (χ0n) is 9.22. The van der Waals surface area contributed by atoms with Gasteiger partial charge in [0, 0.05) is 32.7 Å². The summed E-state index contributed by atoms with van der Waals surface area (Å²) in [5, 5.41) is 1.92. The molecule has 2 aromatic rings. The molecule has 18 heavy (non-hydrogen) atoms. The zero-order valence-corrected chi connectivity index (χ0v) is 13.3. The Hall–Kier alpha value is -0.250. The van der Waals surface area contributed by atoms with Crippen molar-refractivity contribution in [3.05, 3.63) is 37.8 Å². The lowest BCUT2D eigenvalue weighted by Crippen LogP contribution is -2.21. The minimum absolute atomic E-state index is 0.300. The number of nitrogens with two attached hydrogens (primary N) is 1. The first-order valence-electron chi connectivity index (χ1n) is 5.02. The summed E-state index contributed by atoms with van der Waals surface area (Å²) in [6.45, 7) is 0.659. The molecule has 8 heteroatoms. The molecule has 0 saturated carbocycles. The largest absolute Gasteiger partial charge is 0.326 e. The fourth-order valence-corrected chi connectivity index (χ4v) is 5.06. The molecule has 0 aliphatic carbocycles. The van der Waals surface area contributed by atoms with Crippen LogP contribution in [-0.4, -0.2) is 8.42 Å². The highest BCUT2D eigenvalue weighted by molar-refractivity contribution is 9.10. The summed E-state index contributed by atoms with van der Waals surface area (Å²) >= 11 is 6.04. The molecule has 0 aromatic carbocycles. The first-order chi connectivity index (χ1) is 8.51. The molecular weight excluding hydrogens is 356 g/mol. The van der Waals surface area contributed by atoms with Gasteiger partial charge in [0.15, 0.2) is 0 Å². The van der Waals surface area contributed by atoms with Gasteiger partial charge in [0.25, 0.3) is 0 Å². The lowest BCUT2D eigenvalue weighted by Gasteiger charge is -2.02. The Labute approximate surface area is 122 Å². The van der Waals surface area contributed by atoms with E-state index < -0.39 is 10.0 Å². The van der Waals surface area contributed by atoms with Crippen LogP contribution in [0.1, 0.15) is 9.75 Å². The maximum atomic E-state index is 12.0. The molecule has 0 aliphatic heterocycles. The van der Waals surface area contributed by atoms with Crippen molar-refractivity contribution in [3.8, 4) is 0 Å². The predicted octanol–water partition coefficient (Wildman–Crippen LogP) is 2.51. The Balaban J connectivity index is 2.07. The Morgan fingerprint density at radius 1 is 1.33 bits per heavy atom. The number of hydrogen-bond acceptors (Lipinski definition) is 5. The van der Waals surface area contributed by atoms with Crippen LogP contribution in [0.3, 0.4) is 0 Å². The molecule has 0 spiro atoms. The molecule has 2 rings (SSSR count). The Kier molecular flexibility index (Phi) is 4.57. The van der Waals surface area contributed by atoms with Crippen LogP contribution in [0.2, 0.25) is 0 Å². The predicted molar refractivity (Wildman–Crippen MR) is 78.3 cm³/mol. The molecule has 0 unspecified atom stereocenters. The second-order valence-electron chi connectivity index (χ2n) is 3.48. The van der Waals surface area contributed by atoms with Gasteiger partial charge in [0.05, 0.1) is 0 Å². The summed E-state index contributed by atoms with van der Waals surface area (Å²) in [4.78, 5) is 1.82. The van der Waals surface area contributed by atoms with Gasteiger partial charge in [-0.1, -0.05) is 0 Å². The smallest absolute Gasteiger partial charge is 0.250 e. The summed E-state index contributed by atoms with van der Waals surface area (Å²) in [6.07, 6.45) is 0. The number of thiophene rings is 2. The van der Waals surface area contributed by atoms with E-state index >= 15 is 0 Å². The van der Waals surface area contributed by atoms with E-state index in [4.69, 9.17) is 5.73 Å². The molecule has 4 nitrogen and oxygen atoms in total. The SMILES string of the molecule is NCc1ccc(S(=O)(=O)NCc2cc(Br)cs2)s1. The van der Waals surface area contributed by atoms with Crippen LogP contribution >= 0.6 is 38.6 Å². The quantitative estimate of drug-likeness (QED) is 0.853. The molecule has 0 atom stereocenters. The zero-order chi connectivity index (χ0) is 13.2. The van der Waals surface area contributed by atoms with E-state index in [-0.39, 0.29) is 0 Å². The van der Waals surface area contributed by atoms with Gasteiger partial charge in [-0.2, -0.15) is 0 Å². The van der Waals surface area contributed by atoms with E-state index in [9.17, 15) is 8.42 Å². The maximum absolute atomic E-state index is 12.0. The molecule has 2 heterocycles. The molecule has 0 fully saturated rings. The third-order valence-electron chi connectivity index (χ3n) is 2.16. The first kappa shape index (κ1) is 14.2. The van der Waals surface area contributed by atoms with E-state index in [2.05, 4.69) is 20.7 Å². The maximum Gasteiger partial charge on any atom is 0.250 e. The minimum Gasteiger partial charge on any atom is -0.326 e. The fraction of sp³-hybridized carbons (Fsp3) is 0.200. The number of halogens is 1. The number of hydrogen-bond donors (Lipinski definition) is 2. The van der Waals surface area contributed by atoms with Crippen LogP contribution in [0.4, 0.5) is 0 Å². The molecule has 2 aromatic heterocycles. The van der Waals surface area contributed by atoms with Crippen LogP contribution in [0.15, 0.2) is 32.3 Å². The average molecular weight is 367 g/mol.